The first kappa shape index (κ1) is 15.7. The Labute approximate surface area is 140 Å². The fraction of sp³-hybridized carbons (Fsp3) is 0.0667. The molecular formula is C15H11Cl2FN4O. The van der Waals surface area contributed by atoms with E-state index < -0.39 is 11.7 Å². The van der Waals surface area contributed by atoms with E-state index in [1.807, 2.05) is 5.43 Å². The van der Waals surface area contributed by atoms with Crippen molar-refractivity contribution in [3.8, 4) is 0 Å². The van der Waals surface area contributed by atoms with Crippen LogP contribution in [0.5, 0.6) is 0 Å². The summed E-state index contributed by atoms with van der Waals surface area (Å²) in [4.78, 5) is 11.8. The number of nitrogen functional groups attached to an aromatic ring is 1. The molecule has 0 atom stereocenters. The van der Waals surface area contributed by atoms with Crippen molar-refractivity contribution in [2.24, 2.45) is 5.84 Å². The van der Waals surface area contributed by atoms with Crippen molar-refractivity contribution in [3.05, 3.63) is 63.5 Å². The monoisotopic (exact) mass is 352 g/mol. The molecule has 0 saturated carbocycles. The molecule has 23 heavy (non-hydrogen) atoms. The lowest BCUT2D eigenvalue weighted by molar-refractivity contribution is 0.0949. The number of nitrogens with two attached hydrogens (primary N) is 1. The number of benzene rings is 2. The highest BCUT2D eigenvalue weighted by Gasteiger charge is 2.17. The summed E-state index contributed by atoms with van der Waals surface area (Å²) in [5.41, 5.74) is 3.36. The lowest BCUT2D eigenvalue weighted by atomic mass is 10.2. The highest BCUT2D eigenvalue weighted by Crippen LogP contribution is 2.25. The van der Waals surface area contributed by atoms with Gasteiger partial charge in [0.15, 0.2) is 5.69 Å². The predicted octanol–water partition coefficient (Wildman–Crippen LogP) is 3.13. The highest BCUT2D eigenvalue weighted by atomic mass is 35.5. The largest absolute Gasteiger partial charge is 0.289 e. The fourth-order valence-corrected chi connectivity index (χ4v) is 2.78. The summed E-state index contributed by atoms with van der Waals surface area (Å²) in [5.74, 6) is 4.19. The first-order chi connectivity index (χ1) is 11.0. The van der Waals surface area contributed by atoms with Gasteiger partial charge in [-0.2, -0.15) is 5.10 Å². The normalized spacial score (nSPS) is 11.0. The second-order valence-corrected chi connectivity index (χ2v) is 5.72. The minimum absolute atomic E-state index is 0.118. The SMILES string of the molecule is NNC(=O)c1nn(Cc2ccc(Cl)cc2Cl)c2cc(F)ccc12. The van der Waals surface area contributed by atoms with E-state index in [0.29, 0.717) is 20.9 Å². The number of rotatable bonds is 3. The van der Waals surface area contributed by atoms with E-state index in [1.165, 1.54) is 22.9 Å². The molecule has 1 aromatic heterocycles. The average molecular weight is 353 g/mol. The fourth-order valence-electron chi connectivity index (χ4n) is 2.31. The summed E-state index contributed by atoms with van der Waals surface area (Å²) in [5, 5.41) is 5.70. The van der Waals surface area contributed by atoms with Crippen molar-refractivity contribution < 1.29 is 9.18 Å². The molecule has 3 N–H and O–H groups in total. The number of nitrogens with one attached hydrogen (secondary N) is 1. The lowest BCUT2D eigenvalue weighted by Crippen LogP contribution is -2.30. The van der Waals surface area contributed by atoms with Crippen molar-refractivity contribution in [1.29, 1.82) is 0 Å². The summed E-state index contributed by atoms with van der Waals surface area (Å²) in [6.45, 7) is 0.258. The number of fused-ring (bicyclic) bond motifs is 1. The zero-order valence-electron chi connectivity index (χ0n) is 11.7. The standard InChI is InChI=1S/C15H11Cl2FN4O/c16-9-2-1-8(12(17)5-9)7-22-13-6-10(18)3-4-11(13)14(21-22)15(23)20-19/h1-6H,7,19H2,(H,20,23). The lowest BCUT2D eigenvalue weighted by Gasteiger charge is -2.06. The molecule has 0 saturated heterocycles. The van der Waals surface area contributed by atoms with E-state index >= 15 is 0 Å². The van der Waals surface area contributed by atoms with Gasteiger partial charge in [0.2, 0.25) is 0 Å². The van der Waals surface area contributed by atoms with Gasteiger partial charge in [-0.1, -0.05) is 29.3 Å². The number of hydrogen-bond donors (Lipinski definition) is 2. The molecule has 0 radical (unpaired) electrons. The molecule has 3 aromatic rings. The number of amides is 1. The number of aromatic nitrogens is 2. The van der Waals surface area contributed by atoms with Gasteiger partial charge in [0.05, 0.1) is 12.1 Å². The molecule has 118 valence electrons. The molecule has 1 amide bonds. The number of carbonyl (C=O) groups is 1. The Morgan fingerprint density at radius 2 is 2.04 bits per heavy atom. The molecule has 5 nitrogen and oxygen atoms in total. The Morgan fingerprint density at radius 3 is 2.74 bits per heavy atom. The van der Waals surface area contributed by atoms with Crippen LogP contribution in [0.25, 0.3) is 10.9 Å². The van der Waals surface area contributed by atoms with Crippen LogP contribution in [-0.2, 0) is 6.54 Å². The Balaban J connectivity index is 2.13. The molecule has 0 spiro atoms. The summed E-state index contributed by atoms with van der Waals surface area (Å²) < 4.78 is 15.1. The second kappa shape index (κ2) is 6.16. The van der Waals surface area contributed by atoms with Crippen molar-refractivity contribution in [1.82, 2.24) is 15.2 Å². The maximum Gasteiger partial charge on any atom is 0.286 e. The Hall–Kier alpha value is -2.15. The van der Waals surface area contributed by atoms with Crippen molar-refractivity contribution in [2.75, 3.05) is 0 Å². The molecule has 0 fully saturated rings. The van der Waals surface area contributed by atoms with E-state index in [0.717, 1.165) is 5.56 Å². The molecule has 3 rings (SSSR count). The van der Waals surface area contributed by atoms with Gasteiger partial charge < -0.3 is 0 Å². The van der Waals surface area contributed by atoms with Gasteiger partial charge in [-0.15, -0.1) is 0 Å². The topological polar surface area (TPSA) is 72.9 Å². The van der Waals surface area contributed by atoms with Gasteiger partial charge >= 0.3 is 0 Å². The molecule has 0 bridgehead atoms. The molecular weight excluding hydrogens is 342 g/mol. The van der Waals surface area contributed by atoms with Crippen LogP contribution in [0.2, 0.25) is 10.0 Å². The van der Waals surface area contributed by atoms with Crippen LogP contribution in [0.3, 0.4) is 0 Å². The van der Waals surface area contributed by atoms with Crippen molar-refractivity contribution >= 4 is 40.0 Å². The van der Waals surface area contributed by atoms with Crippen molar-refractivity contribution in [3.63, 3.8) is 0 Å². The minimum Gasteiger partial charge on any atom is -0.289 e. The van der Waals surface area contributed by atoms with Gasteiger partial charge in [0, 0.05) is 15.4 Å². The third-order valence-electron chi connectivity index (χ3n) is 3.40. The van der Waals surface area contributed by atoms with Crippen LogP contribution >= 0.6 is 23.2 Å². The maximum absolute atomic E-state index is 13.6. The van der Waals surface area contributed by atoms with Crippen LogP contribution in [0.4, 0.5) is 4.39 Å². The average Bonchev–Trinajstić information content (AvgIpc) is 2.87. The number of nitrogens with zero attached hydrogens (tertiary/aromatic N) is 2. The summed E-state index contributed by atoms with van der Waals surface area (Å²) in [7, 11) is 0. The van der Waals surface area contributed by atoms with Crippen LogP contribution < -0.4 is 11.3 Å². The molecule has 0 aliphatic heterocycles. The number of hydrogen-bond acceptors (Lipinski definition) is 3. The summed E-state index contributed by atoms with van der Waals surface area (Å²) >= 11 is 12.0. The van der Waals surface area contributed by atoms with Crippen LogP contribution in [0.15, 0.2) is 36.4 Å². The van der Waals surface area contributed by atoms with Gasteiger partial charge in [-0.3, -0.25) is 14.9 Å². The van der Waals surface area contributed by atoms with E-state index in [4.69, 9.17) is 29.0 Å². The molecule has 0 aliphatic carbocycles. The number of halogens is 3. The Morgan fingerprint density at radius 1 is 1.26 bits per heavy atom. The smallest absolute Gasteiger partial charge is 0.286 e. The molecule has 0 unspecified atom stereocenters. The highest BCUT2D eigenvalue weighted by molar-refractivity contribution is 6.35. The van der Waals surface area contributed by atoms with Gasteiger partial charge in [0.1, 0.15) is 5.82 Å². The van der Waals surface area contributed by atoms with Crippen molar-refractivity contribution in [2.45, 2.75) is 6.54 Å². The van der Waals surface area contributed by atoms with Gasteiger partial charge in [-0.25, -0.2) is 10.2 Å². The molecule has 8 heteroatoms. The molecule has 0 aliphatic rings. The van der Waals surface area contributed by atoms with E-state index in [1.54, 1.807) is 18.2 Å². The second-order valence-electron chi connectivity index (χ2n) is 4.88. The van der Waals surface area contributed by atoms with Crippen LogP contribution in [-0.4, -0.2) is 15.7 Å². The van der Waals surface area contributed by atoms with Gasteiger partial charge in [0.25, 0.3) is 5.91 Å². The Kier molecular flexibility index (Phi) is 4.21. The van der Waals surface area contributed by atoms with Crippen LogP contribution in [0.1, 0.15) is 16.1 Å². The summed E-state index contributed by atoms with van der Waals surface area (Å²) in [6, 6.07) is 9.11. The zero-order valence-corrected chi connectivity index (χ0v) is 13.2. The quantitative estimate of drug-likeness (QED) is 0.432. The first-order valence-corrected chi connectivity index (χ1v) is 7.36. The maximum atomic E-state index is 13.6. The van der Waals surface area contributed by atoms with Gasteiger partial charge in [-0.05, 0) is 35.9 Å². The zero-order chi connectivity index (χ0) is 16.6. The third-order valence-corrected chi connectivity index (χ3v) is 3.98. The predicted molar refractivity (Wildman–Crippen MR) is 86.9 cm³/mol. The van der Waals surface area contributed by atoms with E-state index in [9.17, 15) is 9.18 Å². The van der Waals surface area contributed by atoms with E-state index in [2.05, 4.69) is 5.10 Å². The minimum atomic E-state index is -0.553. The van der Waals surface area contributed by atoms with Crippen LogP contribution in [0, 0.1) is 5.82 Å². The Bertz CT molecular complexity index is 910. The number of carbonyl (C=O) groups excluding carboxylic acids is 1. The number of hydrazine groups is 1. The van der Waals surface area contributed by atoms with E-state index in [-0.39, 0.29) is 12.2 Å². The molecule has 1 heterocycles. The molecule has 2 aromatic carbocycles. The summed E-state index contributed by atoms with van der Waals surface area (Å²) in [6.07, 6.45) is 0. The first-order valence-electron chi connectivity index (χ1n) is 6.60. The third kappa shape index (κ3) is 3.01.